The molecule has 5 nitrogen and oxygen atoms in total. The monoisotopic (exact) mass is 317 g/mol. The van der Waals surface area contributed by atoms with Crippen molar-refractivity contribution in [3.63, 3.8) is 0 Å². The first-order valence-corrected chi connectivity index (χ1v) is 8.64. The van der Waals surface area contributed by atoms with Gasteiger partial charge in [0.05, 0.1) is 13.2 Å². The van der Waals surface area contributed by atoms with Crippen LogP contribution in [0.1, 0.15) is 28.8 Å². The number of amides is 1. The van der Waals surface area contributed by atoms with Crippen molar-refractivity contribution in [1.29, 1.82) is 0 Å². The number of morpholine rings is 1. The van der Waals surface area contributed by atoms with E-state index in [-0.39, 0.29) is 5.91 Å². The zero-order valence-electron chi connectivity index (χ0n) is 13.7. The van der Waals surface area contributed by atoms with Gasteiger partial charge < -0.3 is 15.4 Å². The molecule has 1 aromatic rings. The smallest absolute Gasteiger partial charge is 0.253 e. The van der Waals surface area contributed by atoms with Gasteiger partial charge in [0.15, 0.2) is 0 Å². The average molecular weight is 317 g/mol. The summed E-state index contributed by atoms with van der Waals surface area (Å²) < 4.78 is 5.41. The van der Waals surface area contributed by atoms with Crippen molar-refractivity contribution in [3.8, 4) is 0 Å². The van der Waals surface area contributed by atoms with Crippen LogP contribution in [0, 0.1) is 5.92 Å². The minimum Gasteiger partial charge on any atom is -0.379 e. The van der Waals surface area contributed by atoms with Gasteiger partial charge in [0.2, 0.25) is 0 Å². The molecule has 0 aliphatic carbocycles. The number of hydrogen-bond donors (Lipinski definition) is 1. The van der Waals surface area contributed by atoms with Crippen LogP contribution in [0.15, 0.2) is 24.3 Å². The first-order valence-electron chi connectivity index (χ1n) is 8.64. The number of benzene rings is 1. The van der Waals surface area contributed by atoms with Crippen LogP contribution in [-0.2, 0) is 11.3 Å². The number of hydrogen-bond acceptors (Lipinski definition) is 4. The van der Waals surface area contributed by atoms with Crippen molar-refractivity contribution in [1.82, 2.24) is 9.80 Å². The lowest BCUT2D eigenvalue weighted by Gasteiger charge is -2.36. The minimum absolute atomic E-state index is 0.153. The molecule has 2 heterocycles. The second kappa shape index (κ2) is 7.90. The zero-order valence-corrected chi connectivity index (χ0v) is 13.7. The number of likely N-dealkylation sites (tertiary alicyclic amines) is 1. The Morgan fingerprint density at radius 1 is 1.17 bits per heavy atom. The Morgan fingerprint density at radius 3 is 2.61 bits per heavy atom. The van der Waals surface area contributed by atoms with E-state index in [1.54, 1.807) is 0 Å². The second-order valence-electron chi connectivity index (χ2n) is 6.57. The molecule has 5 heteroatoms. The highest BCUT2D eigenvalue weighted by molar-refractivity contribution is 5.94. The van der Waals surface area contributed by atoms with Gasteiger partial charge in [0, 0.05) is 44.8 Å². The van der Waals surface area contributed by atoms with E-state index in [9.17, 15) is 4.79 Å². The van der Waals surface area contributed by atoms with Crippen molar-refractivity contribution in [2.75, 3.05) is 45.9 Å². The van der Waals surface area contributed by atoms with Crippen LogP contribution >= 0.6 is 0 Å². The fourth-order valence-electron chi connectivity index (χ4n) is 3.51. The molecule has 1 aromatic carbocycles. The summed E-state index contributed by atoms with van der Waals surface area (Å²) in [7, 11) is 0. The summed E-state index contributed by atoms with van der Waals surface area (Å²) in [5, 5.41) is 0. The molecule has 2 fully saturated rings. The maximum Gasteiger partial charge on any atom is 0.253 e. The van der Waals surface area contributed by atoms with E-state index in [0.29, 0.717) is 12.5 Å². The van der Waals surface area contributed by atoms with E-state index >= 15 is 0 Å². The number of nitrogens with two attached hydrogens (primary N) is 1. The van der Waals surface area contributed by atoms with Crippen LogP contribution < -0.4 is 5.73 Å². The molecule has 2 aliphatic rings. The van der Waals surface area contributed by atoms with Gasteiger partial charge in [-0.1, -0.05) is 12.1 Å². The first-order chi connectivity index (χ1) is 11.3. The minimum atomic E-state index is 0.153. The molecule has 1 amide bonds. The standard InChI is InChI=1S/C18H27N3O2/c19-12-15-3-5-17(6-4-15)18(22)21-7-1-2-16(14-21)13-20-8-10-23-11-9-20/h3-6,16H,1-2,7-14,19H2. The largest absolute Gasteiger partial charge is 0.379 e. The van der Waals surface area contributed by atoms with Gasteiger partial charge in [-0.2, -0.15) is 0 Å². The lowest BCUT2D eigenvalue weighted by Crippen LogP contribution is -2.46. The molecule has 2 aliphatic heterocycles. The number of nitrogens with zero attached hydrogens (tertiary/aromatic N) is 2. The van der Waals surface area contributed by atoms with Gasteiger partial charge in [-0.25, -0.2) is 0 Å². The molecule has 126 valence electrons. The van der Waals surface area contributed by atoms with Gasteiger partial charge in [-0.15, -0.1) is 0 Å². The molecular weight excluding hydrogens is 290 g/mol. The third-order valence-corrected chi connectivity index (χ3v) is 4.86. The second-order valence-corrected chi connectivity index (χ2v) is 6.57. The van der Waals surface area contributed by atoms with E-state index in [4.69, 9.17) is 10.5 Å². The van der Waals surface area contributed by atoms with Gasteiger partial charge in [0.25, 0.3) is 5.91 Å². The van der Waals surface area contributed by atoms with Crippen LogP contribution in [0.4, 0.5) is 0 Å². The fourth-order valence-corrected chi connectivity index (χ4v) is 3.51. The number of carbonyl (C=O) groups is 1. The van der Waals surface area contributed by atoms with Crippen molar-refractivity contribution in [3.05, 3.63) is 35.4 Å². The van der Waals surface area contributed by atoms with Crippen LogP contribution in [-0.4, -0.2) is 61.6 Å². The van der Waals surface area contributed by atoms with Gasteiger partial charge in [-0.05, 0) is 36.5 Å². The van der Waals surface area contributed by atoms with Gasteiger partial charge in [0.1, 0.15) is 0 Å². The van der Waals surface area contributed by atoms with Gasteiger partial charge >= 0.3 is 0 Å². The average Bonchev–Trinajstić information content (AvgIpc) is 2.62. The summed E-state index contributed by atoms with van der Waals surface area (Å²) in [6, 6.07) is 7.69. The summed E-state index contributed by atoms with van der Waals surface area (Å²) in [4.78, 5) is 17.2. The summed E-state index contributed by atoms with van der Waals surface area (Å²) >= 11 is 0. The van der Waals surface area contributed by atoms with E-state index in [2.05, 4.69) is 4.90 Å². The molecule has 1 unspecified atom stereocenters. The highest BCUT2D eigenvalue weighted by Crippen LogP contribution is 2.20. The lowest BCUT2D eigenvalue weighted by atomic mass is 9.96. The Hall–Kier alpha value is -1.43. The maximum atomic E-state index is 12.7. The summed E-state index contributed by atoms with van der Waals surface area (Å²) in [5.74, 6) is 0.731. The Balaban J connectivity index is 1.57. The molecule has 1 atom stereocenters. The molecule has 0 radical (unpaired) electrons. The molecule has 23 heavy (non-hydrogen) atoms. The molecule has 0 aromatic heterocycles. The van der Waals surface area contributed by atoms with Crippen LogP contribution in [0.2, 0.25) is 0 Å². The molecule has 0 saturated carbocycles. The van der Waals surface area contributed by atoms with E-state index < -0.39 is 0 Å². The number of ether oxygens (including phenoxy) is 1. The van der Waals surface area contributed by atoms with Crippen molar-refractivity contribution in [2.45, 2.75) is 19.4 Å². The lowest BCUT2D eigenvalue weighted by molar-refractivity contribution is 0.0224. The number of piperidine rings is 1. The number of rotatable bonds is 4. The molecule has 0 spiro atoms. The molecule has 2 N–H and O–H groups in total. The van der Waals surface area contributed by atoms with E-state index in [0.717, 1.165) is 63.5 Å². The van der Waals surface area contributed by atoms with Crippen LogP contribution in [0.25, 0.3) is 0 Å². The summed E-state index contributed by atoms with van der Waals surface area (Å²) in [6.45, 7) is 7.05. The van der Waals surface area contributed by atoms with E-state index in [1.165, 1.54) is 6.42 Å². The normalized spacial score (nSPS) is 23.0. The molecular formula is C18H27N3O2. The molecule has 3 rings (SSSR count). The van der Waals surface area contributed by atoms with E-state index in [1.807, 2.05) is 29.2 Å². The summed E-state index contributed by atoms with van der Waals surface area (Å²) in [6.07, 6.45) is 2.31. The SMILES string of the molecule is NCc1ccc(C(=O)N2CCCC(CN3CCOCC3)C2)cc1. The Labute approximate surface area is 138 Å². The first kappa shape index (κ1) is 16.4. The highest BCUT2D eigenvalue weighted by Gasteiger charge is 2.26. The van der Waals surface area contributed by atoms with Crippen molar-refractivity contribution in [2.24, 2.45) is 11.7 Å². The third kappa shape index (κ3) is 4.31. The predicted octanol–water partition coefficient (Wildman–Crippen LogP) is 1.33. The highest BCUT2D eigenvalue weighted by atomic mass is 16.5. The Bertz CT molecular complexity index is 512. The maximum absolute atomic E-state index is 12.7. The quantitative estimate of drug-likeness (QED) is 0.910. The summed E-state index contributed by atoms with van der Waals surface area (Å²) in [5.41, 5.74) is 7.45. The van der Waals surface area contributed by atoms with Crippen LogP contribution in [0.5, 0.6) is 0 Å². The topological polar surface area (TPSA) is 58.8 Å². The zero-order chi connectivity index (χ0) is 16.1. The Morgan fingerprint density at radius 2 is 1.91 bits per heavy atom. The fraction of sp³-hybridized carbons (Fsp3) is 0.611. The van der Waals surface area contributed by atoms with Crippen molar-refractivity contribution >= 4 is 5.91 Å². The number of carbonyl (C=O) groups excluding carboxylic acids is 1. The van der Waals surface area contributed by atoms with Crippen LogP contribution in [0.3, 0.4) is 0 Å². The predicted molar refractivity (Wildman–Crippen MR) is 90.2 cm³/mol. The third-order valence-electron chi connectivity index (χ3n) is 4.86. The molecule has 2 saturated heterocycles. The van der Waals surface area contributed by atoms with Gasteiger partial charge in [-0.3, -0.25) is 9.69 Å². The Kier molecular flexibility index (Phi) is 5.65. The molecule has 0 bridgehead atoms. The van der Waals surface area contributed by atoms with Crippen molar-refractivity contribution < 1.29 is 9.53 Å².